The molecule has 0 spiro atoms. The highest BCUT2D eigenvalue weighted by Crippen LogP contribution is 2.26. The number of halogens is 1. The van der Waals surface area contributed by atoms with Gasteiger partial charge < -0.3 is 15.8 Å². The summed E-state index contributed by atoms with van der Waals surface area (Å²) in [5.41, 5.74) is 5.74. The van der Waals surface area contributed by atoms with E-state index < -0.39 is 24.2 Å². The van der Waals surface area contributed by atoms with Crippen LogP contribution in [0, 0.1) is 0 Å². The molecule has 2 atom stereocenters. The Balaban J connectivity index is 1.44. The fourth-order valence-corrected chi connectivity index (χ4v) is 3.36. The van der Waals surface area contributed by atoms with Gasteiger partial charge in [-0.05, 0) is 30.4 Å². The van der Waals surface area contributed by atoms with Gasteiger partial charge in [-0.25, -0.2) is 14.2 Å². The Morgan fingerprint density at radius 2 is 1.94 bits per heavy atom. The quantitative estimate of drug-likeness (QED) is 0.483. The minimum absolute atomic E-state index is 0.0282. The lowest BCUT2D eigenvalue weighted by Crippen LogP contribution is -2.43. The Morgan fingerprint density at radius 3 is 2.61 bits per heavy atom. The molecule has 4 N–H and O–H groups in total. The Morgan fingerprint density at radius 1 is 1.14 bits per heavy atom. The van der Waals surface area contributed by atoms with Gasteiger partial charge in [-0.15, -0.1) is 0 Å². The van der Waals surface area contributed by atoms with Gasteiger partial charge in [0.05, 0.1) is 11.7 Å². The van der Waals surface area contributed by atoms with Crippen molar-refractivity contribution in [2.24, 2.45) is 5.73 Å². The SMILES string of the molecule is CC(C)(C)c1cc(NC(=O)NC2C=CC(Oc3ccnc(C(N)=O)c3)=CC2F)n(-c2ccccn2)n1. The second-order valence-electron chi connectivity index (χ2n) is 9.10. The van der Waals surface area contributed by atoms with Crippen LogP contribution in [0.25, 0.3) is 5.82 Å². The third-order valence-corrected chi connectivity index (χ3v) is 5.24. The molecule has 3 aromatic heterocycles. The molecule has 0 saturated carbocycles. The molecule has 2 unspecified atom stereocenters. The van der Waals surface area contributed by atoms with Crippen LogP contribution in [0.15, 0.2) is 72.8 Å². The van der Waals surface area contributed by atoms with Crippen molar-refractivity contribution in [3.05, 3.63) is 84.2 Å². The zero-order valence-electron chi connectivity index (χ0n) is 20.0. The van der Waals surface area contributed by atoms with Gasteiger partial charge >= 0.3 is 6.03 Å². The number of anilines is 1. The second-order valence-corrected chi connectivity index (χ2v) is 9.10. The van der Waals surface area contributed by atoms with Gasteiger partial charge in [0.2, 0.25) is 0 Å². The number of ether oxygens (including phenoxy) is 1. The molecule has 3 aromatic rings. The normalized spacial score (nSPS) is 17.3. The highest BCUT2D eigenvalue weighted by Gasteiger charge is 2.25. The van der Waals surface area contributed by atoms with E-state index in [0.717, 1.165) is 5.69 Å². The van der Waals surface area contributed by atoms with Crippen LogP contribution in [0.3, 0.4) is 0 Å². The van der Waals surface area contributed by atoms with Gasteiger partial charge in [0.1, 0.15) is 29.2 Å². The standard InChI is InChI=1S/C25H26FN7O3/c1-25(2,3)20-14-22(33(32-20)21-6-4-5-10-29-21)31-24(35)30-18-8-7-15(12-17(18)26)36-16-9-11-28-19(13-16)23(27)34/h4-14,17-18H,1-3H3,(H2,27,34)(H2,30,31,35). The minimum Gasteiger partial charge on any atom is -0.457 e. The number of allylic oxidation sites excluding steroid dienone is 1. The van der Waals surface area contributed by atoms with E-state index in [-0.39, 0.29) is 22.6 Å². The molecule has 0 aromatic carbocycles. The first kappa shape index (κ1) is 24.6. The minimum atomic E-state index is -1.56. The second kappa shape index (κ2) is 9.98. The number of aromatic nitrogens is 4. The van der Waals surface area contributed by atoms with Crippen molar-refractivity contribution in [3.63, 3.8) is 0 Å². The van der Waals surface area contributed by atoms with Gasteiger partial charge in [0.25, 0.3) is 5.91 Å². The van der Waals surface area contributed by atoms with Gasteiger partial charge in [-0.3, -0.25) is 15.1 Å². The van der Waals surface area contributed by atoms with Crippen molar-refractivity contribution in [1.29, 1.82) is 0 Å². The first-order chi connectivity index (χ1) is 17.1. The number of carbonyl (C=O) groups is 2. The smallest absolute Gasteiger partial charge is 0.320 e. The molecule has 3 heterocycles. The van der Waals surface area contributed by atoms with Crippen LogP contribution in [0.2, 0.25) is 0 Å². The van der Waals surface area contributed by atoms with E-state index in [1.54, 1.807) is 24.4 Å². The van der Waals surface area contributed by atoms with Crippen LogP contribution in [0.5, 0.6) is 5.75 Å². The fraction of sp³-hybridized carbons (Fsp3) is 0.240. The van der Waals surface area contributed by atoms with Crippen molar-refractivity contribution in [1.82, 2.24) is 25.1 Å². The van der Waals surface area contributed by atoms with Crippen LogP contribution in [0.1, 0.15) is 37.0 Å². The molecular weight excluding hydrogens is 465 g/mol. The summed E-state index contributed by atoms with van der Waals surface area (Å²) in [6.45, 7) is 6.03. The number of hydrogen-bond donors (Lipinski definition) is 3. The molecule has 3 amide bonds. The third-order valence-electron chi connectivity index (χ3n) is 5.24. The number of amides is 3. The molecule has 11 heteroatoms. The molecule has 186 valence electrons. The number of rotatable bonds is 6. The molecule has 4 rings (SSSR count). The van der Waals surface area contributed by atoms with E-state index in [0.29, 0.717) is 11.6 Å². The van der Waals surface area contributed by atoms with Crippen LogP contribution < -0.4 is 21.1 Å². The number of urea groups is 1. The van der Waals surface area contributed by atoms with Crippen LogP contribution in [0.4, 0.5) is 15.0 Å². The van der Waals surface area contributed by atoms with E-state index in [1.165, 1.54) is 41.2 Å². The van der Waals surface area contributed by atoms with Crippen molar-refractivity contribution < 1.29 is 18.7 Å². The van der Waals surface area contributed by atoms with E-state index in [1.807, 2.05) is 26.8 Å². The van der Waals surface area contributed by atoms with E-state index in [9.17, 15) is 14.0 Å². The van der Waals surface area contributed by atoms with Crippen molar-refractivity contribution >= 4 is 17.8 Å². The highest BCUT2D eigenvalue weighted by molar-refractivity contribution is 5.91. The van der Waals surface area contributed by atoms with Gasteiger partial charge in [0.15, 0.2) is 5.82 Å². The number of pyridine rings is 2. The summed E-state index contributed by atoms with van der Waals surface area (Å²) >= 11 is 0. The summed E-state index contributed by atoms with van der Waals surface area (Å²) in [5, 5.41) is 9.95. The summed E-state index contributed by atoms with van der Waals surface area (Å²) in [4.78, 5) is 32.2. The topological polar surface area (TPSA) is 137 Å². The first-order valence-corrected chi connectivity index (χ1v) is 11.2. The molecule has 10 nitrogen and oxygen atoms in total. The summed E-state index contributed by atoms with van der Waals surface area (Å²) in [6.07, 6.45) is 5.67. The van der Waals surface area contributed by atoms with Crippen LogP contribution in [-0.4, -0.2) is 43.9 Å². The maximum atomic E-state index is 14.8. The number of hydrogen-bond acceptors (Lipinski definition) is 6. The summed E-state index contributed by atoms with van der Waals surface area (Å²) < 4.78 is 22.0. The largest absolute Gasteiger partial charge is 0.457 e. The van der Waals surface area contributed by atoms with E-state index in [2.05, 4.69) is 25.7 Å². The Kier molecular flexibility index (Phi) is 6.82. The number of nitrogens with zero attached hydrogens (tertiary/aromatic N) is 4. The monoisotopic (exact) mass is 491 g/mol. The van der Waals surface area contributed by atoms with Crippen molar-refractivity contribution in [2.75, 3.05) is 5.32 Å². The first-order valence-electron chi connectivity index (χ1n) is 11.2. The molecule has 1 aliphatic carbocycles. The molecule has 0 aliphatic heterocycles. The lowest BCUT2D eigenvalue weighted by molar-refractivity contribution is 0.0995. The molecule has 0 radical (unpaired) electrons. The van der Waals surface area contributed by atoms with E-state index >= 15 is 0 Å². The molecule has 0 bridgehead atoms. The Hall–Kier alpha value is -4.54. The third kappa shape index (κ3) is 5.74. The van der Waals surface area contributed by atoms with Crippen molar-refractivity contribution in [2.45, 2.75) is 38.4 Å². The Labute approximate surface area is 207 Å². The van der Waals surface area contributed by atoms with Crippen LogP contribution in [-0.2, 0) is 5.41 Å². The molecule has 0 saturated heterocycles. The van der Waals surface area contributed by atoms with Gasteiger partial charge in [0, 0.05) is 29.9 Å². The number of alkyl halides is 1. The zero-order chi connectivity index (χ0) is 25.9. The summed E-state index contributed by atoms with van der Waals surface area (Å²) in [6, 6.07) is 8.47. The van der Waals surface area contributed by atoms with Gasteiger partial charge in [-0.1, -0.05) is 32.9 Å². The summed E-state index contributed by atoms with van der Waals surface area (Å²) in [5.74, 6) is 0.721. The lowest BCUT2D eigenvalue weighted by atomic mass is 9.92. The number of nitrogens with one attached hydrogen (secondary N) is 2. The molecule has 1 aliphatic rings. The zero-order valence-corrected chi connectivity index (χ0v) is 20.0. The van der Waals surface area contributed by atoms with Gasteiger partial charge in [-0.2, -0.15) is 9.78 Å². The predicted molar refractivity (Wildman–Crippen MR) is 132 cm³/mol. The predicted octanol–water partition coefficient (Wildman–Crippen LogP) is 3.42. The fourth-order valence-electron chi connectivity index (χ4n) is 3.36. The number of primary amides is 1. The highest BCUT2D eigenvalue weighted by atomic mass is 19.1. The number of carbonyl (C=O) groups excluding carboxylic acids is 2. The Bertz CT molecular complexity index is 1330. The average Bonchev–Trinajstić information content (AvgIpc) is 3.26. The van der Waals surface area contributed by atoms with E-state index in [4.69, 9.17) is 10.5 Å². The molecule has 36 heavy (non-hydrogen) atoms. The van der Waals surface area contributed by atoms with Crippen LogP contribution >= 0.6 is 0 Å². The maximum absolute atomic E-state index is 14.8. The lowest BCUT2D eigenvalue weighted by Gasteiger charge is -2.22. The molecular formula is C25H26FN7O3. The summed E-state index contributed by atoms with van der Waals surface area (Å²) in [7, 11) is 0. The maximum Gasteiger partial charge on any atom is 0.320 e. The average molecular weight is 492 g/mol. The number of nitrogens with two attached hydrogens (primary N) is 1. The molecule has 0 fully saturated rings. The van der Waals surface area contributed by atoms with Crippen molar-refractivity contribution in [3.8, 4) is 11.6 Å².